The number of furan rings is 1. The Kier molecular flexibility index (Phi) is 5.11. The normalized spacial score (nSPS) is 17.1. The molecular formula is C22H17ClN2O2S. The predicted molar refractivity (Wildman–Crippen MR) is 116 cm³/mol. The third-order valence-electron chi connectivity index (χ3n) is 4.29. The largest absolute Gasteiger partial charge is 0.457 e. The Labute approximate surface area is 172 Å². The van der Waals surface area contributed by atoms with Crippen molar-refractivity contribution in [3.05, 3.63) is 81.9 Å². The van der Waals surface area contributed by atoms with E-state index in [9.17, 15) is 4.79 Å². The molecule has 4 rings (SSSR count). The predicted octanol–water partition coefficient (Wildman–Crippen LogP) is 6.14. The minimum absolute atomic E-state index is 0.0969. The number of carbonyl (C=O) groups is 1. The van der Waals surface area contributed by atoms with Crippen molar-refractivity contribution >= 4 is 46.2 Å². The van der Waals surface area contributed by atoms with E-state index in [2.05, 4.69) is 4.99 Å². The van der Waals surface area contributed by atoms with E-state index in [-0.39, 0.29) is 5.91 Å². The second-order valence-corrected chi connectivity index (χ2v) is 7.86. The Bertz CT molecular complexity index is 1080. The SMILES string of the molecule is Cc1ccc(N=C2S/C(=C/c3ccc(-c4ccc(Cl)cc4)o3)C(=O)N2C)cc1. The molecule has 1 aliphatic heterocycles. The Morgan fingerprint density at radius 1 is 1.04 bits per heavy atom. The van der Waals surface area contributed by atoms with Crippen LogP contribution in [-0.4, -0.2) is 23.0 Å². The van der Waals surface area contributed by atoms with Crippen molar-refractivity contribution in [2.75, 3.05) is 7.05 Å². The number of carbonyl (C=O) groups excluding carboxylic acids is 1. The molecule has 140 valence electrons. The monoisotopic (exact) mass is 408 g/mol. The van der Waals surface area contributed by atoms with Gasteiger partial charge in [-0.3, -0.25) is 9.69 Å². The van der Waals surface area contributed by atoms with Crippen molar-refractivity contribution in [2.24, 2.45) is 4.99 Å². The maximum Gasteiger partial charge on any atom is 0.266 e. The maximum absolute atomic E-state index is 12.6. The molecule has 2 heterocycles. The number of aryl methyl sites for hydroxylation is 1. The van der Waals surface area contributed by atoms with Gasteiger partial charge in [0, 0.05) is 23.7 Å². The Morgan fingerprint density at radius 2 is 1.75 bits per heavy atom. The van der Waals surface area contributed by atoms with Crippen molar-refractivity contribution in [3.8, 4) is 11.3 Å². The van der Waals surface area contributed by atoms with Crippen LogP contribution in [0.1, 0.15) is 11.3 Å². The van der Waals surface area contributed by atoms with Gasteiger partial charge in [-0.2, -0.15) is 0 Å². The third-order valence-corrected chi connectivity index (χ3v) is 5.60. The number of nitrogens with zero attached hydrogens (tertiary/aromatic N) is 2. The van der Waals surface area contributed by atoms with E-state index >= 15 is 0 Å². The van der Waals surface area contributed by atoms with E-state index in [1.165, 1.54) is 17.3 Å². The van der Waals surface area contributed by atoms with Crippen molar-refractivity contribution in [2.45, 2.75) is 6.92 Å². The summed E-state index contributed by atoms with van der Waals surface area (Å²) in [5.74, 6) is 1.24. The van der Waals surface area contributed by atoms with Gasteiger partial charge in [0.15, 0.2) is 5.17 Å². The topological polar surface area (TPSA) is 45.8 Å². The molecule has 1 amide bonds. The zero-order valence-corrected chi connectivity index (χ0v) is 16.9. The molecule has 0 aliphatic carbocycles. The molecule has 0 N–H and O–H groups in total. The molecule has 1 fully saturated rings. The van der Waals surface area contributed by atoms with Gasteiger partial charge in [-0.15, -0.1) is 0 Å². The maximum atomic E-state index is 12.6. The number of aliphatic imine (C=N–C) groups is 1. The number of rotatable bonds is 3. The van der Waals surface area contributed by atoms with Crippen LogP contribution in [0.5, 0.6) is 0 Å². The summed E-state index contributed by atoms with van der Waals surface area (Å²) in [5, 5.41) is 1.32. The molecule has 28 heavy (non-hydrogen) atoms. The van der Waals surface area contributed by atoms with Crippen molar-refractivity contribution < 1.29 is 9.21 Å². The fraction of sp³-hybridized carbons (Fsp3) is 0.0909. The van der Waals surface area contributed by atoms with E-state index in [0.717, 1.165) is 17.0 Å². The summed E-state index contributed by atoms with van der Waals surface area (Å²) < 4.78 is 5.88. The molecule has 0 spiro atoms. The van der Waals surface area contributed by atoms with Gasteiger partial charge in [-0.25, -0.2) is 4.99 Å². The second-order valence-electron chi connectivity index (χ2n) is 6.41. The average molecular weight is 409 g/mol. The number of hydrogen-bond acceptors (Lipinski definition) is 4. The molecular weight excluding hydrogens is 392 g/mol. The molecule has 0 radical (unpaired) electrons. The zero-order valence-electron chi connectivity index (χ0n) is 15.3. The van der Waals surface area contributed by atoms with Crippen molar-refractivity contribution in [1.82, 2.24) is 4.90 Å². The summed E-state index contributed by atoms with van der Waals surface area (Å²) in [7, 11) is 1.73. The number of hydrogen-bond donors (Lipinski definition) is 0. The van der Waals surface area contributed by atoms with E-state index in [1.54, 1.807) is 18.0 Å². The first-order valence-corrected chi connectivity index (χ1v) is 9.88. The van der Waals surface area contributed by atoms with Gasteiger partial charge in [-0.1, -0.05) is 29.3 Å². The van der Waals surface area contributed by atoms with Crippen molar-refractivity contribution in [1.29, 1.82) is 0 Å². The number of likely N-dealkylation sites (N-methyl/N-ethyl adjacent to an activating group) is 1. The quantitative estimate of drug-likeness (QED) is 0.489. The summed E-state index contributed by atoms with van der Waals surface area (Å²) in [4.78, 5) is 19.3. The molecule has 6 heteroatoms. The number of thioether (sulfide) groups is 1. The first-order chi connectivity index (χ1) is 13.5. The highest BCUT2D eigenvalue weighted by Crippen LogP contribution is 2.34. The second kappa shape index (κ2) is 7.70. The van der Waals surface area contributed by atoms with Gasteiger partial charge < -0.3 is 4.42 Å². The molecule has 0 unspecified atom stereocenters. The molecule has 0 bridgehead atoms. The summed E-state index contributed by atoms with van der Waals surface area (Å²) in [5.41, 5.74) is 2.91. The Hall–Kier alpha value is -2.76. The number of halogens is 1. The molecule has 2 aromatic carbocycles. The van der Waals surface area contributed by atoms with E-state index in [4.69, 9.17) is 16.0 Å². The van der Waals surface area contributed by atoms with E-state index in [1.807, 2.05) is 67.6 Å². The standard InChI is InChI=1S/C22H17ClN2O2S/c1-14-3-9-17(10-4-14)24-22-25(2)21(26)20(28-22)13-18-11-12-19(27-18)15-5-7-16(23)8-6-15/h3-13H,1-2H3/b20-13+,24-22?. The van der Waals surface area contributed by atoms with Gasteiger partial charge in [0.1, 0.15) is 11.5 Å². The fourth-order valence-electron chi connectivity index (χ4n) is 2.71. The molecule has 1 aliphatic rings. The first-order valence-electron chi connectivity index (χ1n) is 8.68. The first kappa shape index (κ1) is 18.6. The lowest BCUT2D eigenvalue weighted by atomic mass is 10.2. The van der Waals surface area contributed by atoms with Crippen LogP contribution in [0.2, 0.25) is 5.02 Å². The fourth-order valence-corrected chi connectivity index (χ4v) is 3.80. The molecule has 0 saturated carbocycles. The van der Waals surface area contributed by atoms with Crippen LogP contribution >= 0.6 is 23.4 Å². The Morgan fingerprint density at radius 3 is 2.46 bits per heavy atom. The highest BCUT2D eigenvalue weighted by Gasteiger charge is 2.30. The van der Waals surface area contributed by atoms with Gasteiger partial charge >= 0.3 is 0 Å². The summed E-state index contributed by atoms with van der Waals surface area (Å²) in [6.07, 6.45) is 1.75. The average Bonchev–Trinajstić information content (AvgIpc) is 3.25. The van der Waals surface area contributed by atoms with E-state index < -0.39 is 0 Å². The van der Waals surface area contributed by atoms with Crippen LogP contribution < -0.4 is 0 Å². The van der Waals surface area contributed by atoms with Crippen LogP contribution in [0.15, 0.2) is 75.0 Å². The summed E-state index contributed by atoms with van der Waals surface area (Å²) in [6.45, 7) is 2.03. The highest BCUT2D eigenvalue weighted by atomic mass is 35.5. The van der Waals surface area contributed by atoms with Gasteiger partial charge in [0.25, 0.3) is 5.91 Å². The zero-order chi connectivity index (χ0) is 19.7. The van der Waals surface area contributed by atoms with E-state index in [0.29, 0.717) is 20.9 Å². The van der Waals surface area contributed by atoms with Crippen LogP contribution in [0.4, 0.5) is 5.69 Å². The summed E-state index contributed by atoms with van der Waals surface area (Å²) in [6, 6.07) is 19.0. The molecule has 3 aromatic rings. The van der Waals surface area contributed by atoms with Crippen molar-refractivity contribution in [3.63, 3.8) is 0 Å². The molecule has 1 saturated heterocycles. The number of amides is 1. The Balaban J connectivity index is 1.57. The molecule has 0 atom stereocenters. The number of benzene rings is 2. The summed E-state index contributed by atoms with van der Waals surface area (Å²) >= 11 is 7.27. The molecule has 1 aromatic heterocycles. The smallest absolute Gasteiger partial charge is 0.266 e. The lowest BCUT2D eigenvalue weighted by molar-refractivity contribution is -0.121. The minimum atomic E-state index is -0.0969. The molecule has 4 nitrogen and oxygen atoms in total. The van der Waals surface area contributed by atoms with Crippen LogP contribution in [0.3, 0.4) is 0 Å². The van der Waals surface area contributed by atoms with Crippen LogP contribution in [0.25, 0.3) is 17.4 Å². The minimum Gasteiger partial charge on any atom is -0.457 e. The van der Waals surface area contributed by atoms with Crippen LogP contribution in [0, 0.1) is 6.92 Å². The van der Waals surface area contributed by atoms with Gasteiger partial charge in [0.2, 0.25) is 0 Å². The van der Waals surface area contributed by atoms with Gasteiger partial charge in [-0.05, 0) is 67.2 Å². The highest BCUT2D eigenvalue weighted by molar-refractivity contribution is 8.18. The lowest BCUT2D eigenvalue weighted by Gasteiger charge is -2.07. The lowest BCUT2D eigenvalue weighted by Crippen LogP contribution is -2.23. The third kappa shape index (κ3) is 3.91. The van der Waals surface area contributed by atoms with Gasteiger partial charge in [0.05, 0.1) is 10.6 Å². The van der Waals surface area contributed by atoms with Crippen LogP contribution in [-0.2, 0) is 4.79 Å². The number of amidine groups is 1.